The molecule has 0 aliphatic heterocycles. The minimum absolute atomic E-state index is 0.183. The van der Waals surface area contributed by atoms with Crippen LogP contribution >= 0.6 is 0 Å². The molecule has 3 rings (SSSR count). The average molecular weight is 469 g/mol. The molecule has 174 valence electrons. The van der Waals surface area contributed by atoms with Crippen LogP contribution in [0.3, 0.4) is 0 Å². The van der Waals surface area contributed by atoms with Crippen molar-refractivity contribution in [1.82, 2.24) is 4.90 Å². The van der Waals surface area contributed by atoms with Crippen LogP contribution < -0.4 is 14.2 Å². The third-order valence-electron chi connectivity index (χ3n) is 5.12. The zero-order valence-electron chi connectivity index (χ0n) is 19.2. The summed E-state index contributed by atoms with van der Waals surface area (Å²) < 4.78 is 38.9. The smallest absolute Gasteiger partial charge is 0.262 e. The number of carbonyl (C=O) groups excluding carboxylic acids is 1. The third-order valence-corrected chi connectivity index (χ3v) is 6.64. The number of sulfonamides is 1. The maximum Gasteiger partial charge on any atom is 0.262 e. The van der Waals surface area contributed by atoms with E-state index in [1.807, 2.05) is 13.0 Å². The van der Waals surface area contributed by atoms with E-state index in [9.17, 15) is 13.2 Å². The van der Waals surface area contributed by atoms with Gasteiger partial charge in [0.1, 0.15) is 18.1 Å². The fraction of sp³-hybridized carbons (Fsp3) is 0.240. The van der Waals surface area contributed by atoms with Gasteiger partial charge in [-0.1, -0.05) is 12.1 Å². The SMILES string of the molecule is COc1ccc(OCCN(C)C(=O)c2ccc(NS(=O)(=O)c3cc(C)ccc3C)cc2)cc1. The maximum atomic E-state index is 12.8. The second-order valence-corrected chi connectivity index (χ2v) is 9.35. The molecule has 0 bridgehead atoms. The lowest BCUT2D eigenvalue weighted by atomic mass is 10.2. The van der Waals surface area contributed by atoms with E-state index in [0.29, 0.717) is 35.7 Å². The van der Waals surface area contributed by atoms with E-state index in [1.165, 1.54) is 0 Å². The number of nitrogens with one attached hydrogen (secondary N) is 1. The summed E-state index contributed by atoms with van der Waals surface area (Å²) in [7, 11) is -0.437. The molecule has 0 aromatic heterocycles. The van der Waals surface area contributed by atoms with E-state index in [-0.39, 0.29) is 10.8 Å². The lowest BCUT2D eigenvalue weighted by Crippen LogP contribution is -2.30. The Hall–Kier alpha value is -3.52. The largest absolute Gasteiger partial charge is 0.497 e. The van der Waals surface area contributed by atoms with E-state index < -0.39 is 10.0 Å². The summed E-state index contributed by atoms with van der Waals surface area (Å²) in [5.74, 6) is 1.25. The van der Waals surface area contributed by atoms with Crippen molar-refractivity contribution in [2.24, 2.45) is 0 Å². The number of likely N-dealkylation sites (N-methyl/N-ethyl adjacent to an activating group) is 1. The van der Waals surface area contributed by atoms with Crippen molar-refractivity contribution >= 4 is 21.6 Å². The highest BCUT2D eigenvalue weighted by molar-refractivity contribution is 7.92. The van der Waals surface area contributed by atoms with E-state index in [4.69, 9.17) is 9.47 Å². The van der Waals surface area contributed by atoms with Crippen LogP contribution in [0.25, 0.3) is 0 Å². The molecule has 0 atom stereocenters. The van der Waals surface area contributed by atoms with Crippen LogP contribution in [0, 0.1) is 13.8 Å². The van der Waals surface area contributed by atoms with E-state index in [1.54, 1.807) is 86.6 Å². The van der Waals surface area contributed by atoms with Crippen molar-refractivity contribution < 1.29 is 22.7 Å². The van der Waals surface area contributed by atoms with Crippen molar-refractivity contribution in [3.05, 3.63) is 83.4 Å². The minimum Gasteiger partial charge on any atom is -0.497 e. The fourth-order valence-electron chi connectivity index (χ4n) is 3.18. The quantitative estimate of drug-likeness (QED) is 0.507. The van der Waals surface area contributed by atoms with Gasteiger partial charge in [-0.05, 0) is 79.6 Å². The molecule has 0 spiro atoms. The second kappa shape index (κ2) is 10.4. The summed E-state index contributed by atoms with van der Waals surface area (Å²) in [4.78, 5) is 14.5. The summed E-state index contributed by atoms with van der Waals surface area (Å²) >= 11 is 0. The number of carbonyl (C=O) groups is 1. The first-order valence-corrected chi connectivity index (χ1v) is 11.9. The number of anilines is 1. The number of benzene rings is 3. The molecule has 1 amide bonds. The molecule has 0 aliphatic carbocycles. The van der Waals surface area contributed by atoms with Gasteiger partial charge in [0.2, 0.25) is 0 Å². The van der Waals surface area contributed by atoms with Crippen LogP contribution in [-0.2, 0) is 10.0 Å². The number of nitrogens with zero attached hydrogens (tertiary/aromatic N) is 1. The topological polar surface area (TPSA) is 84.9 Å². The van der Waals surface area contributed by atoms with Crippen molar-refractivity contribution in [2.45, 2.75) is 18.7 Å². The summed E-state index contributed by atoms with van der Waals surface area (Å²) in [5.41, 5.74) is 2.37. The Balaban J connectivity index is 1.58. The standard InChI is InChI=1S/C25H28N2O5S/c1-18-5-6-19(2)24(17-18)33(29,30)26-21-9-7-20(8-10-21)25(28)27(3)15-16-32-23-13-11-22(31-4)12-14-23/h5-14,17,26H,15-16H2,1-4H3. The van der Waals surface area contributed by atoms with E-state index >= 15 is 0 Å². The van der Waals surface area contributed by atoms with Crippen LogP contribution in [-0.4, -0.2) is 46.5 Å². The highest BCUT2D eigenvalue weighted by Crippen LogP contribution is 2.21. The number of ether oxygens (including phenoxy) is 2. The first-order valence-electron chi connectivity index (χ1n) is 10.4. The molecule has 1 N–H and O–H groups in total. The molecule has 33 heavy (non-hydrogen) atoms. The van der Waals surface area contributed by atoms with Gasteiger partial charge >= 0.3 is 0 Å². The Bertz CT molecular complexity index is 1210. The van der Waals surface area contributed by atoms with Crippen molar-refractivity contribution in [1.29, 1.82) is 0 Å². The lowest BCUT2D eigenvalue weighted by molar-refractivity contribution is 0.0774. The molecule has 8 heteroatoms. The first kappa shape index (κ1) is 24.1. The van der Waals surface area contributed by atoms with Gasteiger partial charge in [0.25, 0.3) is 15.9 Å². The van der Waals surface area contributed by atoms with Gasteiger partial charge in [-0.25, -0.2) is 8.42 Å². The van der Waals surface area contributed by atoms with E-state index in [2.05, 4.69) is 4.72 Å². The van der Waals surface area contributed by atoms with Gasteiger partial charge in [0, 0.05) is 18.3 Å². The highest BCUT2D eigenvalue weighted by Gasteiger charge is 2.18. The second-order valence-electron chi connectivity index (χ2n) is 7.70. The number of amides is 1. The number of hydrogen-bond donors (Lipinski definition) is 1. The molecule has 0 aliphatic rings. The van der Waals surface area contributed by atoms with Gasteiger partial charge in [-0.15, -0.1) is 0 Å². The average Bonchev–Trinajstić information content (AvgIpc) is 2.80. The molecular formula is C25H28N2O5S. The molecule has 7 nitrogen and oxygen atoms in total. The van der Waals surface area contributed by atoms with Crippen molar-refractivity contribution in [3.8, 4) is 11.5 Å². The Kier molecular flexibility index (Phi) is 7.60. The molecule has 0 heterocycles. The molecule has 3 aromatic rings. The van der Waals surface area contributed by atoms with Crippen LogP contribution in [0.15, 0.2) is 71.6 Å². The van der Waals surface area contributed by atoms with E-state index in [0.717, 1.165) is 11.3 Å². The highest BCUT2D eigenvalue weighted by atomic mass is 32.2. The van der Waals surface area contributed by atoms with Gasteiger partial charge in [-0.2, -0.15) is 0 Å². The van der Waals surface area contributed by atoms with Gasteiger partial charge < -0.3 is 14.4 Å². The lowest BCUT2D eigenvalue weighted by Gasteiger charge is -2.18. The molecule has 3 aromatic carbocycles. The zero-order valence-corrected chi connectivity index (χ0v) is 20.0. The number of rotatable bonds is 9. The summed E-state index contributed by atoms with van der Waals surface area (Å²) in [6, 6.07) is 18.9. The predicted molar refractivity (Wildman–Crippen MR) is 129 cm³/mol. The molecule has 0 unspecified atom stereocenters. The van der Waals surface area contributed by atoms with Crippen LogP contribution in [0.2, 0.25) is 0 Å². The predicted octanol–water partition coefficient (Wildman–Crippen LogP) is 4.26. The van der Waals surface area contributed by atoms with Gasteiger partial charge in [0.05, 0.1) is 18.6 Å². The molecule has 0 saturated carbocycles. The number of aryl methyl sites for hydroxylation is 2. The zero-order chi connectivity index (χ0) is 24.0. The normalized spacial score (nSPS) is 11.0. The van der Waals surface area contributed by atoms with Crippen LogP contribution in [0.4, 0.5) is 5.69 Å². The Morgan fingerprint density at radius 1 is 0.939 bits per heavy atom. The molecule has 0 saturated heterocycles. The Morgan fingerprint density at radius 2 is 1.58 bits per heavy atom. The fourth-order valence-corrected chi connectivity index (χ4v) is 4.57. The molecule has 0 radical (unpaired) electrons. The minimum atomic E-state index is -3.73. The van der Waals surface area contributed by atoms with Crippen molar-refractivity contribution in [3.63, 3.8) is 0 Å². The van der Waals surface area contributed by atoms with Crippen LogP contribution in [0.5, 0.6) is 11.5 Å². The number of methoxy groups -OCH3 is 1. The van der Waals surface area contributed by atoms with Crippen molar-refractivity contribution in [2.75, 3.05) is 32.0 Å². The van der Waals surface area contributed by atoms with Crippen LogP contribution in [0.1, 0.15) is 21.5 Å². The Morgan fingerprint density at radius 3 is 2.21 bits per heavy atom. The first-order chi connectivity index (χ1) is 15.7. The Labute approximate surface area is 195 Å². The van der Waals surface area contributed by atoms with Gasteiger partial charge in [-0.3, -0.25) is 9.52 Å². The summed E-state index contributed by atoms with van der Waals surface area (Å²) in [6.07, 6.45) is 0. The number of hydrogen-bond acceptors (Lipinski definition) is 5. The van der Waals surface area contributed by atoms with Gasteiger partial charge in [0.15, 0.2) is 0 Å². The molecule has 0 fully saturated rings. The summed E-state index contributed by atoms with van der Waals surface area (Å²) in [6.45, 7) is 4.33. The summed E-state index contributed by atoms with van der Waals surface area (Å²) in [5, 5.41) is 0. The maximum absolute atomic E-state index is 12.8. The third kappa shape index (κ3) is 6.26. The molecular weight excluding hydrogens is 440 g/mol. The monoisotopic (exact) mass is 468 g/mol.